The summed E-state index contributed by atoms with van der Waals surface area (Å²) in [5, 5.41) is 13.1. The zero-order valence-electron chi connectivity index (χ0n) is 11.8. The van der Waals surface area contributed by atoms with Gasteiger partial charge in [-0.15, -0.1) is 0 Å². The molecule has 0 unspecified atom stereocenters. The molecule has 0 aromatic carbocycles. The standard InChI is InChI=1S/C15H16N2O5/c18-15(19)11-9-21-17-13(11)14(10-4-3-6-16-8-10)22-12-5-1-2-7-20-12/h3-4,6,8-9,12,14H,1-2,5,7H2,(H,18,19)/t12-,14-/m0/s1. The normalized spacial score (nSPS) is 19.7. The summed E-state index contributed by atoms with van der Waals surface area (Å²) in [6.45, 7) is 0.634. The largest absolute Gasteiger partial charge is 0.478 e. The fraction of sp³-hybridized carbons (Fsp3) is 0.400. The maximum absolute atomic E-state index is 11.3. The highest BCUT2D eigenvalue weighted by atomic mass is 16.7. The van der Waals surface area contributed by atoms with E-state index >= 15 is 0 Å². The summed E-state index contributed by atoms with van der Waals surface area (Å²) in [5.74, 6) is -1.11. The van der Waals surface area contributed by atoms with Crippen LogP contribution in [0.5, 0.6) is 0 Å². The third-order valence-corrected chi connectivity index (χ3v) is 3.49. The fourth-order valence-electron chi connectivity index (χ4n) is 2.40. The summed E-state index contributed by atoms with van der Waals surface area (Å²) < 4.78 is 16.4. The first-order chi connectivity index (χ1) is 10.8. The SMILES string of the molecule is O=C(O)c1conc1[C@@H](O[C@H]1CCCCO1)c1cccnc1. The molecule has 7 nitrogen and oxygen atoms in total. The lowest BCUT2D eigenvalue weighted by Gasteiger charge is -2.27. The van der Waals surface area contributed by atoms with Crippen molar-refractivity contribution >= 4 is 5.97 Å². The molecule has 1 N–H and O–H groups in total. The number of aromatic carboxylic acids is 1. The van der Waals surface area contributed by atoms with Crippen molar-refractivity contribution in [1.29, 1.82) is 0 Å². The van der Waals surface area contributed by atoms with E-state index in [9.17, 15) is 9.90 Å². The minimum Gasteiger partial charge on any atom is -0.478 e. The van der Waals surface area contributed by atoms with Gasteiger partial charge in [-0.1, -0.05) is 11.2 Å². The van der Waals surface area contributed by atoms with Gasteiger partial charge in [0.1, 0.15) is 23.6 Å². The number of ether oxygens (including phenoxy) is 2. The Morgan fingerprint density at radius 3 is 3.05 bits per heavy atom. The van der Waals surface area contributed by atoms with Gasteiger partial charge in [0.2, 0.25) is 0 Å². The van der Waals surface area contributed by atoms with E-state index < -0.39 is 18.4 Å². The average Bonchev–Trinajstić information content (AvgIpc) is 3.04. The average molecular weight is 304 g/mol. The highest BCUT2D eigenvalue weighted by Crippen LogP contribution is 2.30. The van der Waals surface area contributed by atoms with Crippen LogP contribution in [0.1, 0.15) is 47.0 Å². The van der Waals surface area contributed by atoms with Gasteiger partial charge in [0, 0.05) is 24.6 Å². The molecule has 3 heterocycles. The number of carboxylic acid groups (broad SMARTS) is 1. The molecule has 1 aliphatic heterocycles. The third kappa shape index (κ3) is 3.15. The van der Waals surface area contributed by atoms with Crippen LogP contribution in [0.25, 0.3) is 0 Å². The van der Waals surface area contributed by atoms with E-state index in [4.69, 9.17) is 14.0 Å². The van der Waals surface area contributed by atoms with Crippen molar-refractivity contribution in [2.75, 3.05) is 6.61 Å². The van der Waals surface area contributed by atoms with Crippen LogP contribution >= 0.6 is 0 Å². The van der Waals surface area contributed by atoms with Crippen LogP contribution in [-0.4, -0.2) is 34.1 Å². The van der Waals surface area contributed by atoms with Gasteiger partial charge in [-0.25, -0.2) is 4.79 Å². The van der Waals surface area contributed by atoms with Crippen molar-refractivity contribution in [1.82, 2.24) is 10.1 Å². The van der Waals surface area contributed by atoms with E-state index in [1.807, 2.05) is 0 Å². The second-order valence-electron chi connectivity index (χ2n) is 5.02. The van der Waals surface area contributed by atoms with Crippen molar-refractivity contribution < 1.29 is 23.9 Å². The minimum absolute atomic E-state index is 0.0235. The predicted molar refractivity (Wildman–Crippen MR) is 74.2 cm³/mol. The van der Waals surface area contributed by atoms with Gasteiger partial charge < -0.3 is 19.1 Å². The van der Waals surface area contributed by atoms with Crippen LogP contribution in [0.4, 0.5) is 0 Å². The third-order valence-electron chi connectivity index (χ3n) is 3.49. The van der Waals surface area contributed by atoms with Crippen molar-refractivity contribution in [2.24, 2.45) is 0 Å². The molecule has 2 atom stereocenters. The van der Waals surface area contributed by atoms with Crippen molar-refractivity contribution in [2.45, 2.75) is 31.7 Å². The van der Waals surface area contributed by atoms with Crippen molar-refractivity contribution in [3.05, 3.63) is 47.6 Å². The topological polar surface area (TPSA) is 94.7 Å². The smallest absolute Gasteiger partial charge is 0.341 e. The first-order valence-electron chi connectivity index (χ1n) is 7.10. The molecule has 0 amide bonds. The maximum atomic E-state index is 11.3. The Morgan fingerprint density at radius 1 is 1.45 bits per heavy atom. The second kappa shape index (κ2) is 6.67. The van der Waals surface area contributed by atoms with Gasteiger partial charge in [-0.05, 0) is 25.3 Å². The van der Waals surface area contributed by atoms with Crippen molar-refractivity contribution in [3.8, 4) is 0 Å². The molecule has 116 valence electrons. The number of pyridine rings is 1. The maximum Gasteiger partial charge on any atom is 0.341 e. The molecular formula is C15H16N2O5. The molecule has 1 aliphatic rings. The minimum atomic E-state index is -1.11. The van der Waals surface area contributed by atoms with Gasteiger partial charge >= 0.3 is 5.97 Å². The summed E-state index contributed by atoms with van der Waals surface area (Å²) in [4.78, 5) is 15.4. The van der Waals surface area contributed by atoms with E-state index in [-0.39, 0.29) is 11.3 Å². The summed E-state index contributed by atoms with van der Waals surface area (Å²) >= 11 is 0. The number of rotatable bonds is 5. The van der Waals surface area contributed by atoms with Crippen LogP contribution in [0.15, 0.2) is 35.3 Å². The van der Waals surface area contributed by atoms with Crippen LogP contribution in [0.3, 0.4) is 0 Å². The highest BCUT2D eigenvalue weighted by molar-refractivity contribution is 5.88. The monoisotopic (exact) mass is 304 g/mol. The molecule has 7 heteroatoms. The summed E-state index contributed by atoms with van der Waals surface area (Å²) in [7, 11) is 0. The Kier molecular flexibility index (Phi) is 4.45. The number of hydrogen-bond donors (Lipinski definition) is 1. The molecule has 0 radical (unpaired) electrons. The molecule has 0 aliphatic carbocycles. The lowest BCUT2D eigenvalue weighted by Crippen LogP contribution is -2.25. The van der Waals surface area contributed by atoms with Gasteiger partial charge in [0.25, 0.3) is 0 Å². The van der Waals surface area contributed by atoms with E-state index in [1.165, 1.54) is 0 Å². The van der Waals surface area contributed by atoms with Crippen LogP contribution in [0.2, 0.25) is 0 Å². The molecule has 3 rings (SSSR count). The van der Waals surface area contributed by atoms with Gasteiger partial charge in [-0.3, -0.25) is 4.98 Å². The van der Waals surface area contributed by atoms with E-state index in [0.29, 0.717) is 12.2 Å². The summed E-state index contributed by atoms with van der Waals surface area (Å²) in [6, 6.07) is 3.56. The van der Waals surface area contributed by atoms with Gasteiger partial charge in [-0.2, -0.15) is 0 Å². The van der Waals surface area contributed by atoms with E-state index in [2.05, 4.69) is 10.1 Å². The Labute approximate surface area is 126 Å². The lowest BCUT2D eigenvalue weighted by molar-refractivity contribution is -0.182. The number of carbonyl (C=O) groups is 1. The molecule has 0 spiro atoms. The quantitative estimate of drug-likeness (QED) is 0.906. The molecule has 0 bridgehead atoms. The number of nitrogens with zero attached hydrogens (tertiary/aromatic N) is 2. The zero-order chi connectivity index (χ0) is 15.4. The summed E-state index contributed by atoms with van der Waals surface area (Å²) in [6.07, 6.45) is 6.05. The molecule has 2 aromatic rings. The molecular weight excluding hydrogens is 288 g/mol. The van der Waals surface area contributed by atoms with Crippen molar-refractivity contribution in [3.63, 3.8) is 0 Å². The second-order valence-corrected chi connectivity index (χ2v) is 5.02. The Balaban J connectivity index is 1.92. The Bertz CT molecular complexity index is 622. The Hall–Kier alpha value is -2.25. The van der Waals surface area contributed by atoms with E-state index in [1.54, 1.807) is 24.5 Å². The molecule has 2 aromatic heterocycles. The molecule has 22 heavy (non-hydrogen) atoms. The summed E-state index contributed by atoms with van der Waals surface area (Å²) in [5.41, 5.74) is 0.896. The first-order valence-corrected chi connectivity index (χ1v) is 7.10. The van der Waals surface area contributed by atoms with E-state index in [0.717, 1.165) is 25.5 Å². The molecule has 1 saturated heterocycles. The fourth-order valence-corrected chi connectivity index (χ4v) is 2.40. The predicted octanol–water partition coefficient (Wildman–Crippen LogP) is 2.40. The van der Waals surface area contributed by atoms with Crippen LogP contribution < -0.4 is 0 Å². The van der Waals surface area contributed by atoms with Crippen LogP contribution in [-0.2, 0) is 9.47 Å². The van der Waals surface area contributed by atoms with Gasteiger partial charge in [0.15, 0.2) is 6.29 Å². The first kappa shape index (κ1) is 14.7. The van der Waals surface area contributed by atoms with Gasteiger partial charge in [0.05, 0.1) is 0 Å². The molecule has 1 fully saturated rings. The molecule has 0 saturated carbocycles. The number of aromatic nitrogens is 2. The zero-order valence-corrected chi connectivity index (χ0v) is 11.8. The van der Waals surface area contributed by atoms with Crippen LogP contribution in [0, 0.1) is 0 Å². The Morgan fingerprint density at radius 2 is 2.36 bits per heavy atom. The number of carboxylic acids is 1. The highest BCUT2D eigenvalue weighted by Gasteiger charge is 2.29. The number of hydrogen-bond acceptors (Lipinski definition) is 6. The lowest BCUT2D eigenvalue weighted by atomic mass is 10.0.